The summed E-state index contributed by atoms with van der Waals surface area (Å²) in [6.45, 7) is 4.28. The number of carbonyl (C=O) groups is 1. The Morgan fingerprint density at radius 3 is 2.65 bits per heavy atom. The molecular formula is C13H24F3N3O. The number of carbonyl (C=O) groups excluding carboxylic acids is 1. The van der Waals surface area contributed by atoms with Gasteiger partial charge in [0.1, 0.15) is 0 Å². The number of alkyl halides is 3. The molecule has 0 aliphatic carbocycles. The van der Waals surface area contributed by atoms with E-state index in [4.69, 9.17) is 5.73 Å². The van der Waals surface area contributed by atoms with Gasteiger partial charge in [-0.2, -0.15) is 13.2 Å². The molecule has 0 aromatic rings. The van der Waals surface area contributed by atoms with Crippen LogP contribution < -0.4 is 11.1 Å². The lowest BCUT2D eigenvalue weighted by Gasteiger charge is -2.18. The minimum Gasteiger partial charge on any atom is -0.356 e. The van der Waals surface area contributed by atoms with Crippen LogP contribution in [0, 0.1) is 11.8 Å². The first-order chi connectivity index (χ1) is 9.17. The maximum atomic E-state index is 12.2. The standard InChI is InChI=1S/C13H24F3N3O/c1-9(2)11(17)5-12(20)18-6-10-3-4-19(7-10)8-13(14,15)16/h9-11H,3-8,17H2,1-2H3,(H,18,20). The summed E-state index contributed by atoms with van der Waals surface area (Å²) in [4.78, 5) is 13.0. The molecule has 0 aromatic heterocycles. The van der Waals surface area contributed by atoms with E-state index in [1.165, 1.54) is 4.90 Å². The van der Waals surface area contributed by atoms with Crippen molar-refractivity contribution in [2.45, 2.75) is 38.9 Å². The third kappa shape index (κ3) is 6.56. The van der Waals surface area contributed by atoms with E-state index in [2.05, 4.69) is 5.32 Å². The van der Waals surface area contributed by atoms with Gasteiger partial charge in [-0.05, 0) is 24.8 Å². The van der Waals surface area contributed by atoms with E-state index in [1.807, 2.05) is 13.8 Å². The average Bonchev–Trinajstić information content (AvgIpc) is 2.71. The van der Waals surface area contributed by atoms with Crippen LogP contribution in [-0.2, 0) is 4.79 Å². The minimum absolute atomic E-state index is 0.0941. The third-order valence-corrected chi connectivity index (χ3v) is 3.64. The smallest absolute Gasteiger partial charge is 0.356 e. The number of hydrogen-bond donors (Lipinski definition) is 2. The van der Waals surface area contributed by atoms with Gasteiger partial charge in [0, 0.05) is 25.6 Å². The quantitative estimate of drug-likeness (QED) is 0.778. The first-order valence-corrected chi connectivity index (χ1v) is 6.98. The second-order valence-corrected chi connectivity index (χ2v) is 5.92. The normalized spacial score (nSPS) is 22.2. The molecule has 7 heteroatoms. The summed E-state index contributed by atoms with van der Waals surface area (Å²) in [5.74, 6) is 0.201. The van der Waals surface area contributed by atoms with Crippen molar-refractivity contribution in [3.63, 3.8) is 0 Å². The van der Waals surface area contributed by atoms with Gasteiger partial charge in [-0.15, -0.1) is 0 Å². The second kappa shape index (κ2) is 7.26. The predicted octanol–water partition coefficient (Wildman–Crippen LogP) is 1.36. The molecule has 0 saturated carbocycles. The van der Waals surface area contributed by atoms with E-state index in [0.717, 1.165) is 0 Å². The number of amides is 1. The predicted molar refractivity (Wildman–Crippen MR) is 71.0 cm³/mol. The Kier molecular flexibility index (Phi) is 6.26. The molecule has 3 N–H and O–H groups in total. The molecule has 0 spiro atoms. The lowest BCUT2D eigenvalue weighted by Crippen LogP contribution is -2.38. The molecule has 1 saturated heterocycles. The fourth-order valence-electron chi connectivity index (χ4n) is 2.26. The van der Waals surface area contributed by atoms with Crippen LogP contribution in [0.2, 0.25) is 0 Å². The van der Waals surface area contributed by atoms with Gasteiger partial charge in [0.05, 0.1) is 6.54 Å². The van der Waals surface area contributed by atoms with Crippen molar-refractivity contribution < 1.29 is 18.0 Å². The molecule has 1 fully saturated rings. The Labute approximate surface area is 117 Å². The molecule has 2 atom stereocenters. The topological polar surface area (TPSA) is 58.4 Å². The zero-order valence-electron chi connectivity index (χ0n) is 12.0. The fraction of sp³-hybridized carbons (Fsp3) is 0.923. The highest BCUT2D eigenvalue weighted by molar-refractivity contribution is 5.76. The van der Waals surface area contributed by atoms with Crippen LogP contribution >= 0.6 is 0 Å². The highest BCUT2D eigenvalue weighted by Crippen LogP contribution is 2.22. The van der Waals surface area contributed by atoms with Crippen molar-refractivity contribution in [1.29, 1.82) is 0 Å². The van der Waals surface area contributed by atoms with Crippen molar-refractivity contribution in [2.75, 3.05) is 26.2 Å². The van der Waals surface area contributed by atoms with Gasteiger partial charge in [-0.3, -0.25) is 9.69 Å². The summed E-state index contributed by atoms with van der Waals surface area (Å²) < 4.78 is 36.7. The lowest BCUT2D eigenvalue weighted by molar-refractivity contribution is -0.143. The second-order valence-electron chi connectivity index (χ2n) is 5.92. The highest BCUT2D eigenvalue weighted by atomic mass is 19.4. The van der Waals surface area contributed by atoms with Gasteiger partial charge >= 0.3 is 6.18 Å². The molecule has 2 unspecified atom stereocenters. The Morgan fingerprint density at radius 1 is 1.45 bits per heavy atom. The van der Waals surface area contributed by atoms with Crippen molar-refractivity contribution >= 4 is 5.91 Å². The molecule has 20 heavy (non-hydrogen) atoms. The SMILES string of the molecule is CC(C)C(N)CC(=O)NCC1CCN(CC(F)(F)F)C1. The molecule has 118 valence electrons. The van der Waals surface area contributed by atoms with Crippen LogP contribution in [0.1, 0.15) is 26.7 Å². The number of halogens is 3. The van der Waals surface area contributed by atoms with Crippen LogP contribution in [0.5, 0.6) is 0 Å². The Bertz CT molecular complexity index is 320. The van der Waals surface area contributed by atoms with Crippen molar-refractivity contribution in [1.82, 2.24) is 10.2 Å². The van der Waals surface area contributed by atoms with Gasteiger partial charge in [0.25, 0.3) is 0 Å². The summed E-state index contributed by atoms with van der Waals surface area (Å²) in [7, 11) is 0. The molecule has 4 nitrogen and oxygen atoms in total. The molecule has 0 bridgehead atoms. The zero-order chi connectivity index (χ0) is 15.3. The van der Waals surface area contributed by atoms with Crippen LogP contribution in [0.3, 0.4) is 0 Å². The molecule has 0 radical (unpaired) electrons. The molecule has 1 aliphatic rings. The summed E-state index contributed by atoms with van der Waals surface area (Å²) in [6.07, 6.45) is -3.20. The largest absolute Gasteiger partial charge is 0.401 e. The highest BCUT2D eigenvalue weighted by Gasteiger charge is 2.34. The van der Waals surface area contributed by atoms with Crippen LogP contribution in [-0.4, -0.2) is 49.2 Å². The van der Waals surface area contributed by atoms with Crippen molar-refractivity contribution in [3.05, 3.63) is 0 Å². The van der Waals surface area contributed by atoms with E-state index in [9.17, 15) is 18.0 Å². The van der Waals surface area contributed by atoms with Crippen LogP contribution in [0.4, 0.5) is 13.2 Å². The summed E-state index contributed by atoms with van der Waals surface area (Å²) in [5, 5.41) is 2.77. The van der Waals surface area contributed by atoms with Gasteiger partial charge in [-0.1, -0.05) is 13.8 Å². The van der Waals surface area contributed by atoms with Gasteiger partial charge in [0.15, 0.2) is 0 Å². The van der Waals surface area contributed by atoms with Gasteiger partial charge < -0.3 is 11.1 Å². The van der Waals surface area contributed by atoms with Crippen molar-refractivity contribution in [3.8, 4) is 0 Å². The zero-order valence-corrected chi connectivity index (χ0v) is 12.0. The maximum absolute atomic E-state index is 12.2. The Hall–Kier alpha value is -0.820. The molecule has 1 rings (SSSR count). The maximum Gasteiger partial charge on any atom is 0.401 e. The first-order valence-electron chi connectivity index (χ1n) is 6.98. The molecule has 1 aliphatic heterocycles. The first kappa shape index (κ1) is 17.2. The minimum atomic E-state index is -4.15. The van der Waals surface area contributed by atoms with E-state index in [-0.39, 0.29) is 30.2 Å². The fourth-order valence-corrected chi connectivity index (χ4v) is 2.26. The molecular weight excluding hydrogens is 271 g/mol. The number of rotatable bonds is 6. The number of likely N-dealkylation sites (tertiary alicyclic amines) is 1. The van der Waals surface area contributed by atoms with E-state index in [1.54, 1.807) is 0 Å². The average molecular weight is 295 g/mol. The summed E-state index contributed by atoms with van der Waals surface area (Å²) in [6, 6.07) is -0.180. The molecule has 1 heterocycles. The number of hydrogen-bond acceptors (Lipinski definition) is 3. The van der Waals surface area contributed by atoms with Gasteiger partial charge in [-0.25, -0.2) is 0 Å². The van der Waals surface area contributed by atoms with Crippen LogP contribution in [0.25, 0.3) is 0 Å². The van der Waals surface area contributed by atoms with E-state index >= 15 is 0 Å². The number of nitrogens with zero attached hydrogens (tertiary/aromatic N) is 1. The van der Waals surface area contributed by atoms with Gasteiger partial charge in [0.2, 0.25) is 5.91 Å². The lowest BCUT2D eigenvalue weighted by atomic mass is 10.0. The summed E-state index contributed by atoms with van der Waals surface area (Å²) >= 11 is 0. The third-order valence-electron chi connectivity index (χ3n) is 3.64. The van der Waals surface area contributed by atoms with Crippen LogP contribution in [0.15, 0.2) is 0 Å². The monoisotopic (exact) mass is 295 g/mol. The Balaban J connectivity index is 2.22. The molecule has 1 amide bonds. The Morgan fingerprint density at radius 2 is 2.10 bits per heavy atom. The number of nitrogens with one attached hydrogen (secondary N) is 1. The number of nitrogens with two attached hydrogens (primary N) is 1. The van der Waals surface area contributed by atoms with E-state index in [0.29, 0.717) is 26.1 Å². The van der Waals surface area contributed by atoms with Crippen molar-refractivity contribution in [2.24, 2.45) is 17.6 Å². The van der Waals surface area contributed by atoms with E-state index < -0.39 is 12.7 Å². The molecule has 0 aromatic carbocycles. The summed E-state index contributed by atoms with van der Waals surface area (Å²) in [5.41, 5.74) is 5.80.